The van der Waals surface area contributed by atoms with E-state index in [1.54, 1.807) is 6.07 Å². The third-order valence-corrected chi connectivity index (χ3v) is 3.86. The zero-order valence-corrected chi connectivity index (χ0v) is 12.4. The lowest BCUT2D eigenvalue weighted by Gasteiger charge is -2.05. The largest absolute Gasteiger partial charge is 0.314 e. The van der Waals surface area contributed by atoms with Crippen LogP contribution in [0.5, 0.6) is 0 Å². The molecule has 0 aliphatic carbocycles. The van der Waals surface area contributed by atoms with Crippen molar-refractivity contribution in [1.82, 2.24) is 15.5 Å². The molecule has 0 aliphatic heterocycles. The smallest absolute Gasteiger partial charge is 0.147 e. The molecular formula is C13H15ClFN3S. The number of hydrogen-bond acceptors (Lipinski definition) is 4. The van der Waals surface area contributed by atoms with Crippen LogP contribution < -0.4 is 5.32 Å². The molecular weight excluding hydrogens is 285 g/mol. The fraction of sp³-hybridized carbons (Fsp3) is 0.385. The molecule has 2 rings (SSSR count). The van der Waals surface area contributed by atoms with Crippen LogP contribution in [0.15, 0.2) is 18.2 Å². The Labute approximate surface area is 120 Å². The Balaban J connectivity index is 2.05. The number of aromatic nitrogens is 2. The van der Waals surface area contributed by atoms with E-state index in [-0.39, 0.29) is 5.02 Å². The minimum atomic E-state index is -0.433. The summed E-state index contributed by atoms with van der Waals surface area (Å²) in [6, 6.07) is 5.13. The highest BCUT2D eigenvalue weighted by Gasteiger charge is 2.09. The van der Waals surface area contributed by atoms with Gasteiger partial charge in [0.2, 0.25) is 0 Å². The number of hydrogen-bond donors (Lipinski definition) is 1. The van der Waals surface area contributed by atoms with Crippen LogP contribution in [-0.2, 0) is 6.42 Å². The summed E-state index contributed by atoms with van der Waals surface area (Å²) in [4.78, 5) is 0. The van der Waals surface area contributed by atoms with Crippen LogP contribution in [0.25, 0.3) is 10.6 Å². The summed E-state index contributed by atoms with van der Waals surface area (Å²) in [7, 11) is 0. The van der Waals surface area contributed by atoms with Crippen molar-refractivity contribution in [2.75, 3.05) is 6.54 Å². The molecule has 1 heterocycles. The van der Waals surface area contributed by atoms with Crippen LogP contribution in [0.2, 0.25) is 5.02 Å². The molecule has 1 N–H and O–H groups in total. The van der Waals surface area contributed by atoms with Crippen molar-refractivity contribution >= 4 is 22.9 Å². The van der Waals surface area contributed by atoms with Crippen molar-refractivity contribution < 1.29 is 4.39 Å². The molecule has 3 nitrogen and oxygen atoms in total. The van der Waals surface area contributed by atoms with Gasteiger partial charge >= 0.3 is 0 Å². The SMILES string of the molecule is CC(C)NCCc1nnc(-c2ccc(Cl)c(F)c2)s1. The Morgan fingerprint density at radius 1 is 1.37 bits per heavy atom. The molecule has 0 radical (unpaired) electrons. The van der Waals surface area contributed by atoms with E-state index in [1.807, 2.05) is 0 Å². The molecule has 0 aliphatic rings. The molecule has 0 unspecified atom stereocenters. The lowest BCUT2D eigenvalue weighted by molar-refractivity contribution is 0.588. The quantitative estimate of drug-likeness (QED) is 0.917. The lowest BCUT2D eigenvalue weighted by atomic mass is 10.2. The van der Waals surface area contributed by atoms with Crippen LogP contribution in [0, 0.1) is 5.82 Å². The number of rotatable bonds is 5. The van der Waals surface area contributed by atoms with E-state index in [4.69, 9.17) is 11.6 Å². The standard InChI is InChI=1S/C13H15ClFN3S/c1-8(2)16-6-5-12-17-18-13(19-12)9-3-4-10(14)11(15)7-9/h3-4,7-8,16H,5-6H2,1-2H3. The van der Waals surface area contributed by atoms with E-state index in [0.29, 0.717) is 11.6 Å². The summed E-state index contributed by atoms with van der Waals surface area (Å²) < 4.78 is 13.4. The zero-order valence-electron chi connectivity index (χ0n) is 10.8. The first-order valence-electron chi connectivity index (χ1n) is 6.07. The van der Waals surface area contributed by atoms with Crippen molar-refractivity contribution in [1.29, 1.82) is 0 Å². The van der Waals surface area contributed by atoms with Crippen LogP contribution in [0.1, 0.15) is 18.9 Å². The first kappa shape index (κ1) is 14.4. The highest BCUT2D eigenvalue weighted by Crippen LogP contribution is 2.26. The van der Waals surface area contributed by atoms with Crippen molar-refractivity contribution in [3.63, 3.8) is 0 Å². The Kier molecular flexibility index (Phi) is 4.85. The van der Waals surface area contributed by atoms with Crippen molar-refractivity contribution in [3.05, 3.63) is 34.0 Å². The topological polar surface area (TPSA) is 37.8 Å². The predicted molar refractivity (Wildman–Crippen MR) is 77.2 cm³/mol. The van der Waals surface area contributed by atoms with E-state index in [0.717, 1.165) is 23.0 Å². The van der Waals surface area contributed by atoms with Gasteiger partial charge in [-0.05, 0) is 12.1 Å². The van der Waals surface area contributed by atoms with Crippen LogP contribution in [0.3, 0.4) is 0 Å². The first-order valence-corrected chi connectivity index (χ1v) is 7.27. The van der Waals surface area contributed by atoms with Gasteiger partial charge in [-0.25, -0.2) is 4.39 Å². The maximum Gasteiger partial charge on any atom is 0.147 e. The van der Waals surface area contributed by atoms with Gasteiger partial charge in [-0.1, -0.05) is 42.9 Å². The highest BCUT2D eigenvalue weighted by atomic mass is 35.5. The monoisotopic (exact) mass is 299 g/mol. The molecule has 0 bridgehead atoms. The van der Waals surface area contributed by atoms with E-state index in [9.17, 15) is 4.39 Å². The normalized spacial score (nSPS) is 11.2. The average molecular weight is 300 g/mol. The molecule has 6 heteroatoms. The third kappa shape index (κ3) is 3.96. The Morgan fingerprint density at radius 2 is 2.16 bits per heavy atom. The summed E-state index contributed by atoms with van der Waals surface area (Å²) in [5.74, 6) is -0.433. The molecule has 0 saturated heterocycles. The fourth-order valence-corrected chi connectivity index (χ4v) is 2.52. The molecule has 0 atom stereocenters. The molecule has 0 amide bonds. The number of benzene rings is 1. The number of nitrogens with one attached hydrogen (secondary N) is 1. The van der Waals surface area contributed by atoms with E-state index in [2.05, 4.69) is 29.4 Å². The fourth-order valence-electron chi connectivity index (χ4n) is 1.57. The van der Waals surface area contributed by atoms with E-state index < -0.39 is 5.82 Å². The van der Waals surface area contributed by atoms with E-state index in [1.165, 1.54) is 23.5 Å². The number of nitrogens with zero attached hydrogens (tertiary/aromatic N) is 2. The Hall–Kier alpha value is -1.04. The highest BCUT2D eigenvalue weighted by molar-refractivity contribution is 7.14. The first-order chi connectivity index (χ1) is 9.06. The van der Waals surface area contributed by atoms with Gasteiger partial charge in [-0.15, -0.1) is 10.2 Å². The van der Waals surface area contributed by atoms with Gasteiger partial charge in [0.25, 0.3) is 0 Å². The second kappa shape index (κ2) is 6.41. The van der Waals surface area contributed by atoms with Gasteiger partial charge in [-0.2, -0.15) is 0 Å². The molecule has 102 valence electrons. The van der Waals surface area contributed by atoms with Gasteiger partial charge in [0, 0.05) is 24.6 Å². The predicted octanol–water partition coefficient (Wildman–Crippen LogP) is 3.54. The van der Waals surface area contributed by atoms with Gasteiger partial charge < -0.3 is 5.32 Å². The summed E-state index contributed by atoms with van der Waals surface area (Å²) in [5.41, 5.74) is 0.711. The lowest BCUT2D eigenvalue weighted by Crippen LogP contribution is -2.24. The van der Waals surface area contributed by atoms with Gasteiger partial charge in [0.15, 0.2) is 0 Å². The maximum absolute atomic E-state index is 13.4. The second-order valence-electron chi connectivity index (χ2n) is 4.49. The van der Waals surface area contributed by atoms with Crippen molar-refractivity contribution in [2.24, 2.45) is 0 Å². The maximum atomic E-state index is 13.4. The third-order valence-electron chi connectivity index (χ3n) is 2.52. The van der Waals surface area contributed by atoms with Crippen LogP contribution in [-0.4, -0.2) is 22.8 Å². The van der Waals surface area contributed by atoms with Crippen LogP contribution in [0.4, 0.5) is 4.39 Å². The number of halogens is 2. The summed E-state index contributed by atoms with van der Waals surface area (Å²) in [6.07, 6.45) is 0.825. The molecule has 0 saturated carbocycles. The average Bonchev–Trinajstić information content (AvgIpc) is 2.81. The molecule has 1 aromatic heterocycles. The zero-order chi connectivity index (χ0) is 13.8. The summed E-state index contributed by atoms with van der Waals surface area (Å²) >= 11 is 7.14. The minimum Gasteiger partial charge on any atom is -0.314 e. The molecule has 1 aromatic carbocycles. The Bertz CT molecular complexity index is 557. The molecule has 0 fully saturated rings. The molecule has 19 heavy (non-hydrogen) atoms. The van der Waals surface area contributed by atoms with Crippen molar-refractivity contribution in [3.8, 4) is 10.6 Å². The van der Waals surface area contributed by atoms with Crippen molar-refractivity contribution in [2.45, 2.75) is 26.3 Å². The van der Waals surface area contributed by atoms with E-state index >= 15 is 0 Å². The second-order valence-corrected chi connectivity index (χ2v) is 5.96. The summed E-state index contributed by atoms with van der Waals surface area (Å²) in [6.45, 7) is 5.06. The van der Waals surface area contributed by atoms with Gasteiger partial charge in [0.05, 0.1) is 5.02 Å². The summed E-state index contributed by atoms with van der Waals surface area (Å²) in [5, 5.41) is 13.3. The molecule has 2 aromatic rings. The Morgan fingerprint density at radius 3 is 2.84 bits per heavy atom. The van der Waals surface area contributed by atoms with Gasteiger partial charge in [-0.3, -0.25) is 0 Å². The van der Waals surface area contributed by atoms with Crippen LogP contribution >= 0.6 is 22.9 Å². The molecule has 0 spiro atoms. The van der Waals surface area contributed by atoms with Gasteiger partial charge in [0.1, 0.15) is 15.8 Å². The minimum absolute atomic E-state index is 0.120.